The van der Waals surface area contributed by atoms with Gasteiger partial charge in [-0.05, 0) is 76.1 Å². The average molecular weight is 689 g/mol. The number of ether oxygens (including phenoxy) is 4. The van der Waals surface area contributed by atoms with Crippen LogP contribution in [0.15, 0.2) is 140 Å². The van der Waals surface area contributed by atoms with Crippen molar-refractivity contribution >= 4 is 11.9 Å². The fourth-order valence-electron chi connectivity index (χ4n) is 5.16. The molecule has 0 unspecified atom stereocenters. The number of aryl methyl sites for hydroxylation is 1. The lowest BCUT2D eigenvalue weighted by Crippen LogP contribution is -2.06. The van der Waals surface area contributed by atoms with Gasteiger partial charge in [0.05, 0.1) is 24.4 Å². The molecule has 0 fully saturated rings. The van der Waals surface area contributed by atoms with Gasteiger partial charge in [0.2, 0.25) is 0 Å². The highest BCUT2D eigenvalue weighted by Gasteiger charge is 2.10. The van der Waals surface area contributed by atoms with Crippen molar-refractivity contribution in [2.24, 2.45) is 0 Å². The number of unbranched alkanes of at least 4 members (excludes halogenated alkanes) is 4. The number of aliphatic hydroxyl groups is 2. The van der Waals surface area contributed by atoms with Gasteiger partial charge in [0.1, 0.15) is 36.5 Å². The molecule has 0 aliphatic carbocycles. The predicted molar refractivity (Wildman–Crippen MR) is 199 cm³/mol. The van der Waals surface area contributed by atoms with Gasteiger partial charge in [-0.2, -0.15) is 0 Å². The van der Waals surface area contributed by atoms with Gasteiger partial charge in [0, 0.05) is 0 Å². The van der Waals surface area contributed by atoms with Crippen LogP contribution in [0.3, 0.4) is 0 Å². The number of esters is 2. The second kappa shape index (κ2) is 20.1. The van der Waals surface area contributed by atoms with Crippen LogP contribution in [0.2, 0.25) is 0 Å². The molecule has 0 aromatic heterocycles. The van der Waals surface area contributed by atoms with E-state index in [0.29, 0.717) is 11.5 Å². The van der Waals surface area contributed by atoms with E-state index in [2.05, 4.69) is 62.5 Å². The highest BCUT2D eigenvalue weighted by Crippen LogP contribution is 2.33. The van der Waals surface area contributed by atoms with Crippen LogP contribution in [-0.4, -0.2) is 35.4 Å². The molecule has 0 aliphatic heterocycles. The molecular formula is C43H44O8. The Morgan fingerprint density at radius 1 is 0.569 bits per heavy atom. The number of aliphatic hydroxyl groups excluding tert-OH is 2. The Labute approximate surface area is 299 Å². The van der Waals surface area contributed by atoms with Crippen LogP contribution in [0.25, 0.3) is 33.4 Å². The van der Waals surface area contributed by atoms with Crippen molar-refractivity contribution in [3.8, 4) is 44.9 Å². The quantitative estimate of drug-likeness (QED) is 0.0435. The van der Waals surface area contributed by atoms with Crippen LogP contribution in [0, 0.1) is 0 Å². The zero-order chi connectivity index (χ0) is 36.4. The van der Waals surface area contributed by atoms with Gasteiger partial charge in [0.15, 0.2) is 0 Å². The zero-order valence-corrected chi connectivity index (χ0v) is 28.9. The number of hydrogen-bond acceptors (Lipinski definition) is 8. The Morgan fingerprint density at radius 3 is 1.49 bits per heavy atom. The summed E-state index contributed by atoms with van der Waals surface area (Å²) < 4.78 is 20.7. The van der Waals surface area contributed by atoms with Crippen molar-refractivity contribution < 1.29 is 38.7 Å². The Balaban J connectivity index is 1.45. The van der Waals surface area contributed by atoms with E-state index < -0.39 is 25.2 Å². The molecule has 4 aromatic carbocycles. The van der Waals surface area contributed by atoms with Crippen molar-refractivity contribution in [1.29, 1.82) is 0 Å². The molecule has 51 heavy (non-hydrogen) atoms. The summed E-state index contributed by atoms with van der Waals surface area (Å²) in [6.07, 6.45) is 11.7. The SMILES string of the molecule is C=C(CO)C(=O)O/C=C\Oc1ccc(-c2ccc(-c3ccc(-c4ccc(O/C=C\OC(=O)C(=C)CO)cc4)cc3CCCCCCC)cc2)cc1. The number of benzene rings is 4. The first kappa shape index (κ1) is 38.1. The van der Waals surface area contributed by atoms with Crippen molar-refractivity contribution in [2.45, 2.75) is 45.4 Å². The maximum atomic E-state index is 11.6. The molecule has 4 aromatic rings. The van der Waals surface area contributed by atoms with Crippen LogP contribution < -0.4 is 9.47 Å². The van der Waals surface area contributed by atoms with E-state index in [1.54, 1.807) is 0 Å². The topological polar surface area (TPSA) is 112 Å². The first-order chi connectivity index (χ1) is 24.8. The molecule has 8 heteroatoms. The predicted octanol–water partition coefficient (Wildman–Crippen LogP) is 9.08. The Morgan fingerprint density at radius 2 is 1.00 bits per heavy atom. The number of carbonyl (C=O) groups is 2. The number of hydrogen-bond donors (Lipinski definition) is 2. The smallest absolute Gasteiger partial charge is 0.340 e. The van der Waals surface area contributed by atoms with Crippen LogP contribution in [-0.2, 0) is 25.5 Å². The lowest BCUT2D eigenvalue weighted by molar-refractivity contribution is -0.135. The summed E-state index contributed by atoms with van der Waals surface area (Å²) in [7, 11) is 0. The van der Waals surface area contributed by atoms with Crippen molar-refractivity contribution in [3.05, 3.63) is 146 Å². The lowest BCUT2D eigenvalue weighted by atomic mass is 9.91. The van der Waals surface area contributed by atoms with E-state index in [1.165, 1.54) is 49.3 Å². The fourth-order valence-corrected chi connectivity index (χ4v) is 5.16. The van der Waals surface area contributed by atoms with Crippen molar-refractivity contribution in [3.63, 3.8) is 0 Å². The van der Waals surface area contributed by atoms with E-state index in [9.17, 15) is 9.59 Å². The molecule has 0 aliphatic rings. The monoisotopic (exact) mass is 688 g/mol. The third-order valence-corrected chi connectivity index (χ3v) is 8.05. The van der Waals surface area contributed by atoms with E-state index in [1.807, 2.05) is 48.5 Å². The molecular weight excluding hydrogens is 644 g/mol. The molecule has 0 atom stereocenters. The number of carbonyl (C=O) groups excluding carboxylic acids is 2. The summed E-state index contributed by atoms with van der Waals surface area (Å²) in [6.45, 7) is 8.12. The van der Waals surface area contributed by atoms with E-state index in [-0.39, 0.29) is 11.1 Å². The van der Waals surface area contributed by atoms with E-state index >= 15 is 0 Å². The molecule has 0 amide bonds. The molecule has 0 radical (unpaired) electrons. The minimum Gasteiger partial charge on any atom is -0.462 e. The second-order valence-corrected chi connectivity index (χ2v) is 11.8. The van der Waals surface area contributed by atoms with Gasteiger partial charge < -0.3 is 29.2 Å². The summed E-state index contributed by atoms with van der Waals surface area (Å²) in [5.74, 6) is -0.268. The van der Waals surface area contributed by atoms with E-state index in [4.69, 9.17) is 29.2 Å². The molecule has 0 spiro atoms. The van der Waals surface area contributed by atoms with Crippen LogP contribution in [0.5, 0.6) is 11.5 Å². The molecule has 2 N–H and O–H groups in total. The minimum atomic E-state index is -0.718. The fraction of sp³-hybridized carbons (Fsp3) is 0.209. The third-order valence-electron chi connectivity index (χ3n) is 8.05. The average Bonchev–Trinajstić information content (AvgIpc) is 3.17. The maximum Gasteiger partial charge on any atom is 0.340 e. The summed E-state index contributed by atoms with van der Waals surface area (Å²) in [4.78, 5) is 23.1. The molecule has 0 saturated carbocycles. The highest BCUT2D eigenvalue weighted by molar-refractivity contribution is 5.88. The Bertz CT molecular complexity index is 1820. The maximum absolute atomic E-state index is 11.6. The second-order valence-electron chi connectivity index (χ2n) is 11.8. The largest absolute Gasteiger partial charge is 0.462 e. The molecule has 8 nitrogen and oxygen atoms in total. The van der Waals surface area contributed by atoms with Crippen LogP contribution in [0.1, 0.15) is 44.6 Å². The van der Waals surface area contributed by atoms with Gasteiger partial charge in [-0.25, -0.2) is 9.59 Å². The summed E-state index contributed by atoms with van der Waals surface area (Å²) in [5, 5.41) is 17.9. The summed E-state index contributed by atoms with van der Waals surface area (Å²) in [6, 6.07) is 30.5. The lowest BCUT2D eigenvalue weighted by Gasteiger charge is -2.14. The highest BCUT2D eigenvalue weighted by atomic mass is 16.5. The molecule has 0 heterocycles. The summed E-state index contributed by atoms with van der Waals surface area (Å²) in [5.41, 5.74) is 7.86. The molecule has 0 saturated heterocycles. The van der Waals surface area contributed by atoms with Gasteiger partial charge >= 0.3 is 11.9 Å². The molecule has 0 bridgehead atoms. The molecule has 264 valence electrons. The summed E-state index contributed by atoms with van der Waals surface area (Å²) >= 11 is 0. The van der Waals surface area contributed by atoms with E-state index in [0.717, 1.165) is 53.2 Å². The van der Waals surface area contributed by atoms with Gasteiger partial charge in [-0.15, -0.1) is 0 Å². The third kappa shape index (κ3) is 11.7. The van der Waals surface area contributed by atoms with Crippen LogP contribution >= 0.6 is 0 Å². The standard InChI is InChI=1S/C43H44O8/c1-4-5-6-7-8-9-38-28-37(35-16-21-40(22-17-35)49-25-27-51-43(47)32(3)30-45)18-23-41(38)36-12-10-33(11-13-36)34-14-19-39(20-15-34)48-24-26-50-42(46)31(2)29-44/h10-28,44-45H,2-9,29-30H2,1H3/b26-24-,27-25-. The van der Waals surface area contributed by atoms with Crippen molar-refractivity contribution in [2.75, 3.05) is 13.2 Å². The zero-order valence-electron chi connectivity index (χ0n) is 28.9. The first-order valence-corrected chi connectivity index (χ1v) is 16.9. The Kier molecular flexibility index (Phi) is 15.0. The van der Waals surface area contributed by atoms with Crippen LogP contribution in [0.4, 0.5) is 0 Å². The Hall–Kier alpha value is -5.70. The van der Waals surface area contributed by atoms with Gasteiger partial charge in [0.25, 0.3) is 0 Å². The number of rotatable bonds is 19. The van der Waals surface area contributed by atoms with Gasteiger partial charge in [-0.3, -0.25) is 0 Å². The minimum absolute atomic E-state index is 0.0385. The molecule has 4 rings (SSSR count). The van der Waals surface area contributed by atoms with Crippen molar-refractivity contribution in [1.82, 2.24) is 0 Å². The normalized spacial score (nSPS) is 11.0. The first-order valence-electron chi connectivity index (χ1n) is 16.9. The van der Waals surface area contributed by atoms with Gasteiger partial charge in [-0.1, -0.05) is 112 Å².